The van der Waals surface area contributed by atoms with Crippen LogP contribution in [-0.4, -0.2) is 22.5 Å². The van der Waals surface area contributed by atoms with Gasteiger partial charge in [-0.3, -0.25) is 4.79 Å². The molecule has 1 amide bonds. The van der Waals surface area contributed by atoms with Gasteiger partial charge >= 0.3 is 5.69 Å². The minimum atomic E-state index is -0.284. The summed E-state index contributed by atoms with van der Waals surface area (Å²) in [5.74, 6) is 0.316. The van der Waals surface area contributed by atoms with Crippen molar-refractivity contribution in [3.05, 3.63) is 57.4 Å². The Bertz CT molecular complexity index is 885. The second kappa shape index (κ2) is 6.07. The fourth-order valence-corrected chi connectivity index (χ4v) is 2.41. The third-order valence-corrected chi connectivity index (χ3v) is 3.65. The van der Waals surface area contributed by atoms with Crippen LogP contribution in [0.1, 0.15) is 0 Å². The number of rotatable bonds is 4. The molecule has 2 aromatic carbocycles. The first-order chi connectivity index (χ1) is 10.6. The highest BCUT2D eigenvalue weighted by atomic mass is 79.9. The third kappa shape index (κ3) is 3.20. The second-order valence-corrected chi connectivity index (χ2v) is 5.46. The van der Waals surface area contributed by atoms with Crippen LogP contribution in [0.25, 0.3) is 11.0 Å². The minimum Gasteiger partial charge on any atom is -0.483 e. The average molecular weight is 362 g/mol. The van der Waals surface area contributed by atoms with Gasteiger partial charge in [0, 0.05) is 5.69 Å². The Morgan fingerprint density at radius 1 is 1.14 bits per heavy atom. The molecule has 0 aliphatic carbocycles. The number of aromatic amines is 2. The van der Waals surface area contributed by atoms with Gasteiger partial charge in [0.2, 0.25) is 0 Å². The number of imidazole rings is 1. The lowest BCUT2D eigenvalue weighted by molar-refractivity contribution is -0.118. The van der Waals surface area contributed by atoms with Crippen molar-refractivity contribution in [3.8, 4) is 5.75 Å². The van der Waals surface area contributed by atoms with E-state index in [9.17, 15) is 9.59 Å². The van der Waals surface area contributed by atoms with Crippen LogP contribution < -0.4 is 15.7 Å². The highest BCUT2D eigenvalue weighted by Gasteiger charge is 2.07. The fraction of sp³-hybridized carbons (Fsp3) is 0.0667. The molecule has 112 valence electrons. The molecular weight excluding hydrogens is 350 g/mol. The second-order valence-electron chi connectivity index (χ2n) is 4.61. The van der Waals surface area contributed by atoms with Crippen LogP contribution in [0, 0.1) is 0 Å². The first-order valence-corrected chi connectivity index (χ1v) is 7.30. The first-order valence-electron chi connectivity index (χ1n) is 6.51. The zero-order valence-corrected chi connectivity index (χ0v) is 12.9. The van der Waals surface area contributed by atoms with E-state index in [0.29, 0.717) is 22.5 Å². The van der Waals surface area contributed by atoms with Gasteiger partial charge in [0.05, 0.1) is 15.5 Å². The smallest absolute Gasteiger partial charge is 0.323 e. The molecule has 0 unspecified atom stereocenters. The number of benzene rings is 2. The maximum atomic E-state index is 11.9. The number of hydrogen-bond donors (Lipinski definition) is 3. The molecule has 0 bridgehead atoms. The number of fused-ring (bicyclic) bond motifs is 1. The van der Waals surface area contributed by atoms with Crippen LogP contribution in [0.4, 0.5) is 5.69 Å². The van der Waals surface area contributed by atoms with E-state index in [-0.39, 0.29) is 18.2 Å². The molecule has 7 heteroatoms. The molecule has 6 nitrogen and oxygen atoms in total. The monoisotopic (exact) mass is 361 g/mol. The Morgan fingerprint density at radius 2 is 1.91 bits per heavy atom. The molecule has 0 aliphatic rings. The van der Waals surface area contributed by atoms with Gasteiger partial charge in [-0.1, -0.05) is 12.1 Å². The van der Waals surface area contributed by atoms with E-state index in [1.165, 1.54) is 0 Å². The van der Waals surface area contributed by atoms with Crippen molar-refractivity contribution in [2.24, 2.45) is 0 Å². The van der Waals surface area contributed by atoms with Crippen LogP contribution in [0.3, 0.4) is 0 Å². The Hall–Kier alpha value is -2.54. The van der Waals surface area contributed by atoms with Crippen molar-refractivity contribution in [3.63, 3.8) is 0 Å². The van der Waals surface area contributed by atoms with Crippen molar-refractivity contribution in [2.45, 2.75) is 0 Å². The molecule has 1 heterocycles. The van der Waals surface area contributed by atoms with Gasteiger partial charge in [-0.15, -0.1) is 0 Å². The van der Waals surface area contributed by atoms with Gasteiger partial charge in [-0.2, -0.15) is 0 Å². The van der Waals surface area contributed by atoms with E-state index in [1.54, 1.807) is 24.3 Å². The van der Waals surface area contributed by atoms with Crippen molar-refractivity contribution in [1.82, 2.24) is 9.97 Å². The lowest BCUT2D eigenvalue weighted by Gasteiger charge is -2.08. The number of carbonyl (C=O) groups is 1. The zero-order valence-electron chi connectivity index (χ0n) is 11.4. The maximum absolute atomic E-state index is 11.9. The summed E-state index contributed by atoms with van der Waals surface area (Å²) >= 11 is 3.35. The van der Waals surface area contributed by atoms with Crippen LogP contribution >= 0.6 is 15.9 Å². The number of para-hydroxylation sites is 1. The lowest BCUT2D eigenvalue weighted by atomic mass is 10.3. The van der Waals surface area contributed by atoms with E-state index in [1.807, 2.05) is 18.2 Å². The zero-order chi connectivity index (χ0) is 15.5. The molecule has 0 aliphatic heterocycles. The number of ether oxygens (including phenoxy) is 1. The summed E-state index contributed by atoms with van der Waals surface area (Å²) in [7, 11) is 0. The summed E-state index contributed by atoms with van der Waals surface area (Å²) in [4.78, 5) is 28.4. The molecule has 0 saturated heterocycles. The number of H-pyrrole nitrogens is 2. The SMILES string of the molecule is O=C(COc1ccccc1Br)Nc1ccc2[nH]c(=O)[nH]c2c1. The molecule has 0 fully saturated rings. The van der Waals surface area contributed by atoms with Gasteiger partial charge < -0.3 is 20.0 Å². The summed E-state index contributed by atoms with van der Waals surface area (Å²) in [5, 5.41) is 2.72. The molecule has 3 rings (SSSR count). The number of nitrogens with one attached hydrogen (secondary N) is 3. The summed E-state index contributed by atoms with van der Waals surface area (Å²) in [6, 6.07) is 12.4. The number of anilines is 1. The van der Waals surface area contributed by atoms with Crippen LogP contribution in [-0.2, 0) is 4.79 Å². The first kappa shape index (κ1) is 14.4. The highest BCUT2D eigenvalue weighted by molar-refractivity contribution is 9.10. The Morgan fingerprint density at radius 3 is 2.73 bits per heavy atom. The van der Waals surface area contributed by atoms with E-state index < -0.39 is 0 Å². The Labute approximate surface area is 133 Å². The number of hydrogen-bond acceptors (Lipinski definition) is 3. The maximum Gasteiger partial charge on any atom is 0.323 e. The number of carbonyl (C=O) groups excluding carboxylic acids is 1. The van der Waals surface area contributed by atoms with Crippen molar-refractivity contribution in [1.29, 1.82) is 0 Å². The molecule has 3 aromatic rings. The van der Waals surface area contributed by atoms with Crippen molar-refractivity contribution >= 4 is 38.6 Å². The van der Waals surface area contributed by atoms with Gasteiger partial charge in [0.25, 0.3) is 5.91 Å². The van der Waals surface area contributed by atoms with Crippen LogP contribution in [0.5, 0.6) is 5.75 Å². The van der Waals surface area contributed by atoms with E-state index in [2.05, 4.69) is 31.2 Å². The summed E-state index contributed by atoms with van der Waals surface area (Å²) in [5.41, 5.74) is 1.63. The fourth-order valence-electron chi connectivity index (χ4n) is 2.01. The van der Waals surface area contributed by atoms with E-state index in [0.717, 1.165) is 4.47 Å². The minimum absolute atomic E-state index is 0.107. The molecule has 22 heavy (non-hydrogen) atoms. The molecular formula is C15H12BrN3O3. The van der Waals surface area contributed by atoms with E-state index in [4.69, 9.17) is 4.74 Å². The highest BCUT2D eigenvalue weighted by Crippen LogP contribution is 2.23. The molecule has 3 N–H and O–H groups in total. The summed E-state index contributed by atoms with van der Waals surface area (Å²) in [6.07, 6.45) is 0. The average Bonchev–Trinajstić information content (AvgIpc) is 2.86. The molecule has 1 aromatic heterocycles. The summed E-state index contributed by atoms with van der Waals surface area (Å²) in [6.45, 7) is -0.107. The van der Waals surface area contributed by atoms with Gasteiger partial charge in [-0.05, 0) is 46.3 Å². The number of halogens is 1. The third-order valence-electron chi connectivity index (χ3n) is 3.00. The predicted octanol–water partition coefficient (Wildman–Crippen LogP) is 2.64. The van der Waals surface area contributed by atoms with Gasteiger partial charge in [-0.25, -0.2) is 4.79 Å². The Kier molecular flexibility index (Phi) is 3.97. The predicted molar refractivity (Wildman–Crippen MR) is 87.2 cm³/mol. The summed E-state index contributed by atoms with van der Waals surface area (Å²) < 4.78 is 6.23. The number of amides is 1. The molecule has 0 atom stereocenters. The van der Waals surface area contributed by atoms with E-state index >= 15 is 0 Å². The molecule has 0 saturated carbocycles. The lowest BCUT2D eigenvalue weighted by Crippen LogP contribution is -2.20. The van der Waals surface area contributed by atoms with Crippen molar-refractivity contribution < 1.29 is 9.53 Å². The normalized spacial score (nSPS) is 10.6. The quantitative estimate of drug-likeness (QED) is 0.667. The largest absolute Gasteiger partial charge is 0.483 e. The van der Waals surface area contributed by atoms with Gasteiger partial charge in [0.1, 0.15) is 5.75 Å². The van der Waals surface area contributed by atoms with Crippen LogP contribution in [0.15, 0.2) is 51.7 Å². The Balaban J connectivity index is 1.65. The molecule has 0 spiro atoms. The number of aromatic nitrogens is 2. The standard InChI is InChI=1S/C15H12BrN3O3/c16-10-3-1-2-4-13(10)22-8-14(20)17-9-5-6-11-12(7-9)19-15(21)18-11/h1-7H,8H2,(H,17,20)(H2,18,19,21). The van der Waals surface area contributed by atoms with Gasteiger partial charge in [0.15, 0.2) is 6.61 Å². The van der Waals surface area contributed by atoms with Crippen LogP contribution in [0.2, 0.25) is 0 Å². The van der Waals surface area contributed by atoms with Crippen molar-refractivity contribution in [2.75, 3.05) is 11.9 Å². The topological polar surface area (TPSA) is 87.0 Å². The molecule has 0 radical (unpaired) electrons.